The van der Waals surface area contributed by atoms with Crippen molar-refractivity contribution in [1.29, 1.82) is 0 Å². The summed E-state index contributed by atoms with van der Waals surface area (Å²) in [5.41, 5.74) is 0. The number of hydrogen-bond donors (Lipinski definition) is 1. The molecule has 2 nitrogen and oxygen atoms in total. The quantitative estimate of drug-likeness (QED) is 0.696. The summed E-state index contributed by atoms with van der Waals surface area (Å²) in [4.78, 5) is 2.34. The van der Waals surface area contributed by atoms with Gasteiger partial charge in [0, 0.05) is 24.6 Å². The molecule has 4 saturated heterocycles. The summed E-state index contributed by atoms with van der Waals surface area (Å²) in [6.07, 6.45) is 2.47. The van der Waals surface area contributed by atoms with E-state index in [2.05, 4.69) is 28.4 Å². The molecule has 4 bridgehead atoms. The molecule has 1 spiro atoms. The van der Waals surface area contributed by atoms with Crippen molar-refractivity contribution >= 4 is 23.5 Å². The molecule has 5 aliphatic rings. The lowest BCUT2D eigenvalue weighted by molar-refractivity contribution is -0.156. The van der Waals surface area contributed by atoms with Gasteiger partial charge in [-0.15, -0.1) is 23.5 Å². The fourth-order valence-electron chi connectivity index (χ4n) is 4.21. The lowest BCUT2D eigenvalue weighted by Crippen LogP contribution is -2.67. The molecule has 4 aliphatic heterocycles. The second kappa shape index (κ2) is 3.09. The Morgan fingerprint density at radius 3 is 2.20 bits per heavy atom. The Bertz CT molecular complexity index is 258. The Hall–Kier alpha value is 0.620. The van der Waals surface area contributed by atoms with Crippen molar-refractivity contribution in [3.8, 4) is 0 Å². The van der Waals surface area contributed by atoms with E-state index in [9.17, 15) is 5.11 Å². The van der Waals surface area contributed by atoms with Crippen LogP contribution in [0.15, 0.2) is 0 Å². The average molecular weight is 243 g/mol. The van der Waals surface area contributed by atoms with Crippen LogP contribution >= 0.6 is 23.5 Å². The van der Waals surface area contributed by atoms with E-state index in [1.165, 1.54) is 24.3 Å². The van der Waals surface area contributed by atoms with Crippen LogP contribution in [0.3, 0.4) is 0 Å². The summed E-state index contributed by atoms with van der Waals surface area (Å²) in [5.74, 6) is 5.01. The smallest absolute Gasteiger partial charge is 0.110 e. The van der Waals surface area contributed by atoms with Gasteiger partial charge in [-0.05, 0) is 30.6 Å². The van der Waals surface area contributed by atoms with E-state index in [-0.39, 0.29) is 6.23 Å². The van der Waals surface area contributed by atoms with Crippen LogP contribution in [-0.4, -0.2) is 44.9 Å². The van der Waals surface area contributed by atoms with E-state index in [0.717, 1.165) is 24.9 Å². The van der Waals surface area contributed by atoms with Crippen molar-refractivity contribution in [2.75, 3.05) is 24.6 Å². The minimum atomic E-state index is -0.105. The molecular weight excluding hydrogens is 226 g/mol. The molecule has 84 valence electrons. The number of hydrogen-bond acceptors (Lipinski definition) is 4. The van der Waals surface area contributed by atoms with Gasteiger partial charge in [0.25, 0.3) is 0 Å². The van der Waals surface area contributed by atoms with Crippen molar-refractivity contribution in [3.05, 3.63) is 0 Å². The maximum absolute atomic E-state index is 10.1. The molecule has 0 radical (unpaired) electrons. The lowest BCUT2D eigenvalue weighted by atomic mass is 9.66. The highest BCUT2D eigenvalue weighted by atomic mass is 32.2. The zero-order valence-electron chi connectivity index (χ0n) is 8.76. The van der Waals surface area contributed by atoms with Gasteiger partial charge in [0.15, 0.2) is 0 Å². The fourth-order valence-corrected chi connectivity index (χ4v) is 7.97. The van der Waals surface area contributed by atoms with Crippen LogP contribution in [0.5, 0.6) is 0 Å². The number of aliphatic hydroxyl groups is 1. The molecule has 0 aromatic rings. The predicted octanol–water partition coefficient (Wildman–Crippen LogP) is 1.45. The Kier molecular flexibility index (Phi) is 1.98. The van der Waals surface area contributed by atoms with Gasteiger partial charge in [-0.2, -0.15) is 0 Å². The van der Waals surface area contributed by atoms with Crippen LogP contribution in [0.25, 0.3) is 0 Å². The Morgan fingerprint density at radius 1 is 1.07 bits per heavy atom. The Labute approximate surface area is 99.2 Å². The van der Waals surface area contributed by atoms with Crippen molar-refractivity contribution in [2.24, 2.45) is 17.8 Å². The number of rotatable bonds is 0. The molecule has 0 amide bonds. The Balaban J connectivity index is 1.71. The molecule has 15 heavy (non-hydrogen) atoms. The third-order valence-corrected chi connectivity index (χ3v) is 8.77. The van der Waals surface area contributed by atoms with Gasteiger partial charge in [0.05, 0.1) is 4.08 Å². The molecule has 0 aromatic carbocycles. The highest BCUT2D eigenvalue weighted by Crippen LogP contribution is 2.64. The number of nitrogens with zero attached hydrogens (tertiary/aromatic N) is 1. The summed E-state index contributed by atoms with van der Waals surface area (Å²) < 4.78 is 0.563. The molecule has 4 heterocycles. The molecule has 5 fully saturated rings. The van der Waals surface area contributed by atoms with Gasteiger partial charge < -0.3 is 5.11 Å². The lowest BCUT2D eigenvalue weighted by Gasteiger charge is -2.62. The third-order valence-electron chi connectivity index (χ3n) is 4.76. The van der Waals surface area contributed by atoms with Gasteiger partial charge in [0.1, 0.15) is 6.23 Å². The summed E-state index contributed by atoms with van der Waals surface area (Å²) >= 11 is 4.47. The van der Waals surface area contributed by atoms with Crippen LogP contribution in [0.4, 0.5) is 0 Å². The van der Waals surface area contributed by atoms with Crippen LogP contribution in [0.1, 0.15) is 12.8 Å². The molecule has 0 unspecified atom stereocenters. The summed E-state index contributed by atoms with van der Waals surface area (Å²) in [6.45, 7) is 2.32. The van der Waals surface area contributed by atoms with Crippen LogP contribution in [0.2, 0.25) is 0 Å². The third kappa shape index (κ3) is 1.12. The van der Waals surface area contributed by atoms with Gasteiger partial charge in [-0.1, -0.05) is 0 Å². The highest BCUT2D eigenvalue weighted by molar-refractivity contribution is 8.21. The van der Waals surface area contributed by atoms with Gasteiger partial charge >= 0.3 is 0 Å². The monoisotopic (exact) mass is 243 g/mol. The minimum absolute atomic E-state index is 0.105. The molecule has 1 aliphatic carbocycles. The molecule has 1 saturated carbocycles. The van der Waals surface area contributed by atoms with Gasteiger partial charge in [-0.25, -0.2) is 0 Å². The van der Waals surface area contributed by atoms with E-state index in [1.54, 1.807) is 0 Å². The highest BCUT2D eigenvalue weighted by Gasteiger charge is 2.61. The van der Waals surface area contributed by atoms with E-state index < -0.39 is 0 Å². The second-order valence-corrected chi connectivity index (χ2v) is 8.41. The standard InChI is InChI=1S/C11H17NOS2/c13-10-7-3-8-5-12(10)6-9(4-7)11(8)14-1-2-15-11/h7-10,13H,1-6H2/t8-,9-,10+/m1/s1. The van der Waals surface area contributed by atoms with E-state index >= 15 is 0 Å². The van der Waals surface area contributed by atoms with Gasteiger partial charge in [0.2, 0.25) is 0 Å². The molecule has 0 aromatic heterocycles. The molecular formula is C11H17NOS2. The molecule has 5 rings (SSSR count). The van der Waals surface area contributed by atoms with E-state index in [0.29, 0.717) is 10.00 Å². The fraction of sp³-hybridized carbons (Fsp3) is 1.00. The maximum atomic E-state index is 10.1. The molecule has 1 N–H and O–H groups in total. The molecule has 3 atom stereocenters. The zero-order valence-corrected chi connectivity index (χ0v) is 10.4. The first kappa shape index (κ1) is 9.63. The van der Waals surface area contributed by atoms with Crippen molar-refractivity contribution < 1.29 is 5.11 Å². The normalized spacial score (nSPS) is 55.4. The molecule has 4 heteroatoms. The number of aliphatic hydroxyl groups excluding tert-OH is 1. The minimum Gasteiger partial charge on any atom is -0.378 e. The largest absolute Gasteiger partial charge is 0.378 e. The first-order valence-electron chi connectivity index (χ1n) is 5.99. The second-order valence-electron chi connectivity index (χ2n) is 5.41. The van der Waals surface area contributed by atoms with Crippen LogP contribution in [0, 0.1) is 17.8 Å². The number of thioether (sulfide) groups is 2. The summed E-state index contributed by atoms with van der Waals surface area (Å²) in [6, 6.07) is 0. The predicted molar refractivity (Wildman–Crippen MR) is 64.9 cm³/mol. The van der Waals surface area contributed by atoms with E-state index in [1.807, 2.05) is 0 Å². The van der Waals surface area contributed by atoms with Crippen LogP contribution < -0.4 is 0 Å². The maximum Gasteiger partial charge on any atom is 0.110 e. The first-order chi connectivity index (χ1) is 7.29. The van der Waals surface area contributed by atoms with Gasteiger partial charge in [-0.3, -0.25) is 4.90 Å². The Morgan fingerprint density at radius 2 is 1.67 bits per heavy atom. The van der Waals surface area contributed by atoms with Crippen molar-refractivity contribution in [3.63, 3.8) is 0 Å². The van der Waals surface area contributed by atoms with Crippen LogP contribution in [-0.2, 0) is 0 Å². The summed E-state index contributed by atoms with van der Waals surface area (Å²) in [5, 5.41) is 10.1. The van der Waals surface area contributed by atoms with E-state index in [4.69, 9.17) is 0 Å². The number of piperidine rings is 3. The summed E-state index contributed by atoms with van der Waals surface area (Å²) in [7, 11) is 0. The topological polar surface area (TPSA) is 23.5 Å². The SMILES string of the molecule is O[C@H]1C2C[C@@H]3CN1C[C@@H](C2)C31SCCS1. The first-order valence-corrected chi connectivity index (χ1v) is 7.97. The zero-order chi connectivity index (χ0) is 10.0. The van der Waals surface area contributed by atoms with Crippen molar-refractivity contribution in [2.45, 2.75) is 23.1 Å². The average Bonchev–Trinajstić information content (AvgIpc) is 2.66. The van der Waals surface area contributed by atoms with Crippen molar-refractivity contribution in [1.82, 2.24) is 4.90 Å².